The Bertz CT molecular complexity index is 354. The molecule has 96 valence electrons. The van der Waals surface area contributed by atoms with Crippen molar-refractivity contribution in [2.45, 2.75) is 46.3 Å². The first-order valence-corrected chi connectivity index (χ1v) is 6.57. The standard InChI is InChI=1S/C14H22ClNO/c1-5-16-11(3)9-12(4)17-14-7-6-10(2)8-13(14)15/h6-8,11-12,16H,5,9H2,1-4H3. The molecule has 0 spiro atoms. The third kappa shape index (κ3) is 4.97. The van der Waals surface area contributed by atoms with Crippen molar-refractivity contribution in [2.75, 3.05) is 6.54 Å². The summed E-state index contributed by atoms with van der Waals surface area (Å²) in [6, 6.07) is 6.34. The number of ether oxygens (including phenoxy) is 1. The van der Waals surface area contributed by atoms with E-state index >= 15 is 0 Å². The molecule has 1 N–H and O–H groups in total. The van der Waals surface area contributed by atoms with Gasteiger partial charge in [0.1, 0.15) is 5.75 Å². The lowest BCUT2D eigenvalue weighted by atomic mass is 10.1. The minimum Gasteiger partial charge on any atom is -0.489 e. The first-order valence-electron chi connectivity index (χ1n) is 6.19. The molecule has 0 saturated heterocycles. The minimum absolute atomic E-state index is 0.157. The Balaban J connectivity index is 2.52. The Morgan fingerprint density at radius 1 is 1.35 bits per heavy atom. The number of aryl methyl sites for hydroxylation is 1. The van der Waals surface area contributed by atoms with Crippen molar-refractivity contribution in [3.05, 3.63) is 28.8 Å². The van der Waals surface area contributed by atoms with Crippen LogP contribution in [0.25, 0.3) is 0 Å². The predicted molar refractivity (Wildman–Crippen MR) is 74.0 cm³/mol. The molecule has 2 atom stereocenters. The van der Waals surface area contributed by atoms with Gasteiger partial charge in [0, 0.05) is 6.04 Å². The quantitative estimate of drug-likeness (QED) is 0.835. The fraction of sp³-hybridized carbons (Fsp3) is 0.571. The van der Waals surface area contributed by atoms with Crippen LogP contribution in [-0.4, -0.2) is 18.7 Å². The van der Waals surface area contributed by atoms with Gasteiger partial charge in [-0.25, -0.2) is 0 Å². The van der Waals surface area contributed by atoms with E-state index in [9.17, 15) is 0 Å². The second-order valence-corrected chi connectivity index (χ2v) is 4.96. The van der Waals surface area contributed by atoms with E-state index in [1.54, 1.807) is 0 Å². The van der Waals surface area contributed by atoms with Crippen LogP contribution < -0.4 is 10.1 Å². The zero-order chi connectivity index (χ0) is 12.8. The molecular weight excluding hydrogens is 234 g/mol. The minimum atomic E-state index is 0.157. The van der Waals surface area contributed by atoms with Crippen molar-refractivity contribution in [3.8, 4) is 5.75 Å². The number of hydrogen-bond donors (Lipinski definition) is 1. The monoisotopic (exact) mass is 255 g/mol. The van der Waals surface area contributed by atoms with E-state index in [4.69, 9.17) is 16.3 Å². The summed E-state index contributed by atoms with van der Waals surface area (Å²) < 4.78 is 5.85. The lowest BCUT2D eigenvalue weighted by Gasteiger charge is -2.20. The van der Waals surface area contributed by atoms with Crippen molar-refractivity contribution in [1.82, 2.24) is 5.32 Å². The van der Waals surface area contributed by atoms with Crippen LogP contribution in [0.3, 0.4) is 0 Å². The first-order chi connectivity index (χ1) is 8.02. The summed E-state index contributed by atoms with van der Waals surface area (Å²) in [5.41, 5.74) is 1.15. The Morgan fingerprint density at radius 3 is 2.65 bits per heavy atom. The maximum Gasteiger partial charge on any atom is 0.138 e. The van der Waals surface area contributed by atoms with Gasteiger partial charge in [-0.3, -0.25) is 0 Å². The summed E-state index contributed by atoms with van der Waals surface area (Å²) in [6.45, 7) is 9.36. The van der Waals surface area contributed by atoms with E-state index in [1.165, 1.54) is 0 Å². The second kappa shape index (κ2) is 6.87. The van der Waals surface area contributed by atoms with Gasteiger partial charge in [0.2, 0.25) is 0 Å². The first kappa shape index (κ1) is 14.3. The molecule has 1 rings (SSSR count). The van der Waals surface area contributed by atoms with Crippen molar-refractivity contribution in [2.24, 2.45) is 0 Å². The van der Waals surface area contributed by atoms with Gasteiger partial charge in [-0.15, -0.1) is 0 Å². The van der Waals surface area contributed by atoms with Crippen LogP contribution in [0.15, 0.2) is 18.2 Å². The Morgan fingerprint density at radius 2 is 2.06 bits per heavy atom. The largest absolute Gasteiger partial charge is 0.489 e. The number of halogens is 1. The molecule has 1 aromatic rings. The molecule has 1 aromatic carbocycles. The van der Waals surface area contributed by atoms with Crippen LogP contribution in [0.5, 0.6) is 5.75 Å². The summed E-state index contributed by atoms with van der Waals surface area (Å²) in [7, 11) is 0. The highest BCUT2D eigenvalue weighted by atomic mass is 35.5. The summed E-state index contributed by atoms with van der Waals surface area (Å²) in [6.07, 6.45) is 1.13. The van der Waals surface area contributed by atoms with Crippen molar-refractivity contribution in [1.29, 1.82) is 0 Å². The summed E-state index contributed by atoms with van der Waals surface area (Å²) >= 11 is 6.13. The molecule has 2 nitrogen and oxygen atoms in total. The van der Waals surface area contributed by atoms with Crippen LogP contribution in [0.4, 0.5) is 0 Å². The molecule has 0 aliphatic rings. The summed E-state index contributed by atoms with van der Waals surface area (Å²) in [5, 5.41) is 4.06. The highest BCUT2D eigenvalue weighted by molar-refractivity contribution is 6.32. The number of rotatable bonds is 6. The molecule has 17 heavy (non-hydrogen) atoms. The molecule has 3 heteroatoms. The van der Waals surface area contributed by atoms with Gasteiger partial charge >= 0.3 is 0 Å². The third-order valence-electron chi connectivity index (χ3n) is 2.65. The SMILES string of the molecule is CCNC(C)CC(C)Oc1ccc(C)cc1Cl. The van der Waals surface area contributed by atoms with E-state index in [0.29, 0.717) is 11.1 Å². The van der Waals surface area contributed by atoms with E-state index in [1.807, 2.05) is 25.1 Å². The average Bonchev–Trinajstić information content (AvgIpc) is 2.22. The zero-order valence-corrected chi connectivity index (χ0v) is 11.8. The lowest BCUT2D eigenvalue weighted by Crippen LogP contribution is -2.30. The normalized spacial score (nSPS) is 14.4. The highest BCUT2D eigenvalue weighted by Gasteiger charge is 2.11. The Kier molecular flexibility index (Phi) is 5.79. The molecule has 0 bridgehead atoms. The van der Waals surface area contributed by atoms with Gasteiger partial charge < -0.3 is 10.1 Å². The Hall–Kier alpha value is -0.730. The van der Waals surface area contributed by atoms with Crippen molar-refractivity contribution >= 4 is 11.6 Å². The van der Waals surface area contributed by atoms with Crippen LogP contribution >= 0.6 is 11.6 Å². The molecule has 0 saturated carbocycles. The van der Waals surface area contributed by atoms with Gasteiger partial charge in [0.25, 0.3) is 0 Å². The molecule has 0 aliphatic carbocycles. The van der Waals surface area contributed by atoms with E-state index < -0.39 is 0 Å². The highest BCUT2D eigenvalue weighted by Crippen LogP contribution is 2.26. The third-order valence-corrected chi connectivity index (χ3v) is 2.95. The fourth-order valence-corrected chi connectivity index (χ4v) is 2.18. The van der Waals surface area contributed by atoms with Gasteiger partial charge in [0.15, 0.2) is 0 Å². The molecule has 0 aliphatic heterocycles. The van der Waals surface area contributed by atoms with Crippen LogP contribution in [0.2, 0.25) is 5.02 Å². The lowest BCUT2D eigenvalue weighted by molar-refractivity contribution is 0.196. The molecule has 0 heterocycles. The van der Waals surface area contributed by atoms with Crippen molar-refractivity contribution < 1.29 is 4.74 Å². The maximum atomic E-state index is 6.13. The van der Waals surface area contributed by atoms with E-state index in [0.717, 1.165) is 24.3 Å². The van der Waals surface area contributed by atoms with Gasteiger partial charge in [-0.1, -0.05) is 24.6 Å². The van der Waals surface area contributed by atoms with Gasteiger partial charge in [0.05, 0.1) is 11.1 Å². The number of hydrogen-bond acceptors (Lipinski definition) is 2. The van der Waals surface area contributed by atoms with E-state index in [-0.39, 0.29) is 6.10 Å². The average molecular weight is 256 g/mol. The second-order valence-electron chi connectivity index (χ2n) is 4.56. The maximum absolute atomic E-state index is 6.13. The number of nitrogens with one attached hydrogen (secondary N) is 1. The predicted octanol–water partition coefficient (Wildman–Crippen LogP) is 3.80. The number of benzene rings is 1. The summed E-state index contributed by atoms with van der Waals surface area (Å²) in [4.78, 5) is 0. The van der Waals surface area contributed by atoms with E-state index in [2.05, 4.69) is 26.1 Å². The zero-order valence-electron chi connectivity index (χ0n) is 11.1. The smallest absolute Gasteiger partial charge is 0.138 e. The summed E-state index contributed by atoms with van der Waals surface area (Å²) in [5.74, 6) is 0.772. The van der Waals surface area contributed by atoms with Crippen molar-refractivity contribution in [3.63, 3.8) is 0 Å². The van der Waals surface area contributed by atoms with Gasteiger partial charge in [-0.2, -0.15) is 0 Å². The molecular formula is C14H22ClNO. The molecule has 0 fully saturated rings. The van der Waals surface area contributed by atoms with Crippen LogP contribution in [-0.2, 0) is 0 Å². The molecule has 2 unspecified atom stereocenters. The fourth-order valence-electron chi connectivity index (χ4n) is 1.90. The topological polar surface area (TPSA) is 21.3 Å². The van der Waals surface area contributed by atoms with Crippen LogP contribution in [0.1, 0.15) is 32.8 Å². The van der Waals surface area contributed by atoms with Gasteiger partial charge in [-0.05, 0) is 51.4 Å². The van der Waals surface area contributed by atoms with Crippen LogP contribution in [0, 0.1) is 6.92 Å². The molecule has 0 aromatic heterocycles. The molecule has 0 radical (unpaired) electrons. The Labute approximate surface area is 109 Å². The molecule has 0 amide bonds.